The van der Waals surface area contributed by atoms with Crippen molar-refractivity contribution in [2.45, 2.75) is 59.8 Å². The number of carbonyl (C=O) groups excluding carboxylic acids is 1. The molecule has 0 bridgehead atoms. The van der Waals surface area contributed by atoms with Crippen LogP contribution in [0.25, 0.3) is 0 Å². The molecule has 0 radical (unpaired) electrons. The van der Waals surface area contributed by atoms with Gasteiger partial charge in [-0.25, -0.2) is 0 Å². The Balaban J connectivity index is 3.53. The van der Waals surface area contributed by atoms with Crippen LogP contribution in [0.2, 0.25) is 0 Å². The largest absolute Gasteiger partial charge is 0.396 e. The van der Waals surface area contributed by atoms with Crippen LogP contribution in [0.4, 0.5) is 0 Å². The summed E-state index contributed by atoms with van der Waals surface area (Å²) in [6.07, 6.45) is 5.47. The Morgan fingerprint density at radius 2 is 1.72 bits per heavy atom. The molecular formula is C15H31NO2. The maximum Gasteiger partial charge on any atom is 0.222 e. The zero-order valence-electron chi connectivity index (χ0n) is 12.5. The van der Waals surface area contributed by atoms with Crippen LogP contribution in [0.3, 0.4) is 0 Å². The quantitative estimate of drug-likeness (QED) is 0.591. The summed E-state index contributed by atoms with van der Waals surface area (Å²) in [6.45, 7) is 9.31. The molecule has 0 aromatic rings. The number of aliphatic hydroxyl groups is 1. The third-order valence-corrected chi connectivity index (χ3v) is 3.27. The molecular weight excluding hydrogens is 226 g/mol. The molecule has 0 rings (SSSR count). The smallest absolute Gasteiger partial charge is 0.222 e. The first kappa shape index (κ1) is 17.4. The SMILES string of the molecule is CC(C)CCC(CO)CCCCNC(=O)C(C)C. The molecule has 0 saturated carbocycles. The zero-order chi connectivity index (χ0) is 14.0. The van der Waals surface area contributed by atoms with Gasteiger partial charge >= 0.3 is 0 Å². The van der Waals surface area contributed by atoms with Crippen LogP contribution < -0.4 is 5.32 Å². The van der Waals surface area contributed by atoms with Crippen LogP contribution in [0, 0.1) is 17.8 Å². The van der Waals surface area contributed by atoms with Gasteiger partial charge in [-0.1, -0.05) is 40.5 Å². The normalized spacial score (nSPS) is 13.1. The maximum absolute atomic E-state index is 11.3. The molecule has 0 aliphatic carbocycles. The Bertz CT molecular complexity index is 215. The van der Waals surface area contributed by atoms with Gasteiger partial charge in [0.05, 0.1) is 0 Å². The minimum atomic E-state index is 0.0706. The predicted octanol–water partition coefficient (Wildman–Crippen LogP) is 2.97. The van der Waals surface area contributed by atoms with E-state index in [-0.39, 0.29) is 11.8 Å². The lowest BCUT2D eigenvalue weighted by Crippen LogP contribution is -2.28. The first-order chi connectivity index (χ1) is 8.47. The summed E-state index contributed by atoms with van der Waals surface area (Å²) >= 11 is 0. The lowest BCUT2D eigenvalue weighted by molar-refractivity contribution is -0.123. The average Bonchev–Trinajstić information content (AvgIpc) is 2.31. The van der Waals surface area contributed by atoms with E-state index >= 15 is 0 Å². The number of unbranched alkanes of at least 4 members (excludes halogenated alkanes) is 1. The Morgan fingerprint density at radius 1 is 1.06 bits per heavy atom. The molecule has 0 saturated heterocycles. The second kappa shape index (κ2) is 10.4. The second-order valence-electron chi connectivity index (χ2n) is 5.96. The average molecular weight is 257 g/mol. The van der Waals surface area contributed by atoms with Crippen molar-refractivity contribution in [1.29, 1.82) is 0 Å². The van der Waals surface area contributed by atoms with E-state index in [2.05, 4.69) is 19.2 Å². The fourth-order valence-corrected chi connectivity index (χ4v) is 1.87. The first-order valence-electron chi connectivity index (χ1n) is 7.35. The highest BCUT2D eigenvalue weighted by molar-refractivity contribution is 5.77. The summed E-state index contributed by atoms with van der Waals surface area (Å²) in [7, 11) is 0. The van der Waals surface area contributed by atoms with Gasteiger partial charge in [0, 0.05) is 19.1 Å². The molecule has 0 aliphatic rings. The lowest BCUT2D eigenvalue weighted by atomic mass is 9.94. The zero-order valence-corrected chi connectivity index (χ0v) is 12.5. The monoisotopic (exact) mass is 257 g/mol. The van der Waals surface area contributed by atoms with Crippen LogP contribution in [0.1, 0.15) is 59.8 Å². The molecule has 2 N–H and O–H groups in total. The predicted molar refractivity (Wildman–Crippen MR) is 76.3 cm³/mol. The Hall–Kier alpha value is -0.570. The van der Waals surface area contributed by atoms with Crippen LogP contribution in [0.5, 0.6) is 0 Å². The molecule has 0 aromatic heterocycles. The number of hydrogen-bond acceptors (Lipinski definition) is 2. The molecule has 3 heteroatoms. The highest BCUT2D eigenvalue weighted by atomic mass is 16.3. The summed E-state index contributed by atoms with van der Waals surface area (Å²) in [6, 6.07) is 0. The lowest BCUT2D eigenvalue weighted by Gasteiger charge is -2.15. The van der Waals surface area contributed by atoms with Gasteiger partial charge in [0.25, 0.3) is 0 Å². The van der Waals surface area contributed by atoms with E-state index in [0.29, 0.717) is 18.4 Å². The third-order valence-electron chi connectivity index (χ3n) is 3.27. The Kier molecular flexibility index (Phi) is 10.0. The molecule has 108 valence electrons. The topological polar surface area (TPSA) is 49.3 Å². The second-order valence-corrected chi connectivity index (χ2v) is 5.96. The third kappa shape index (κ3) is 9.46. The van der Waals surface area contributed by atoms with Gasteiger partial charge < -0.3 is 10.4 Å². The van der Waals surface area contributed by atoms with Crippen LogP contribution in [-0.4, -0.2) is 24.2 Å². The molecule has 1 unspecified atom stereocenters. The van der Waals surface area contributed by atoms with Crippen LogP contribution >= 0.6 is 0 Å². The fraction of sp³-hybridized carbons (Fsp3) is 0.933. The Labute approximate surface area is 112 Å². The van der Waals surface area contributed by atoms with Crippen LogP contribution in [0.15, 0.2) is 0 Å². The molecule has 1 atom stereocenters. The standard InChI is InChI=1S/C15H31NO2/c1-12(2)8-9-14(11-17)7-5-6-10-16-15(18)13(3)4/h12-14,17H,5-11H2,1-4H3,(H,16,18). The van der Waals surface area contributed by atoms with Gasteiger partial charge in [0.1, 0.15) is 0 Å². The molecule has 0 fully saturated rings. The number of rotatable bonds is 10. The van der Waals surface area contributed by atoms with Gasteiger partial charge in [0.2, 0.25) is 5.91 Å². The summed E-state index contributed by atoms with van der Waals surface area (Å²) in [5.74, 6) is 1.35. The Morgan fingerprint density at radius 3 is 2.22 bits per heavy atom. The van der Waals surface area contributed by atoms with Crippen molar-refractivity contribution in [2.24, 2.45) is 17.8 Å². The van der Waals surface area contributed by atoms with Gasteiger partial charge in [-0.3, -0.25) is 4.79 Å². The minimum absolute atomic E-state index is 0.0706. The van der Waals surface area contributed by atoms with E-state index in [1.54, 1.807) is 0 Å². The van der Waals surface area contributed by atoms with E-state index in [1.807, 2.05) is 13.8 Å². The van der Waals surface area contributed by atoms with Crippen molar-refractivity contribution in [3.63, 3.8) is 0 Å². The van der Waals surface area contributed by atoms with Crippen molar-refractivity contribution in [2.75, 3.05) is 13.2 Å². The number of hydrogen-bond donors (Lipinski definition) is 2. The van der Waals surface area contributed by atoms with Crippen molar-refractivity contribution >= 4 is 5.91 Å². The van der Waals surface area contributed by atoms with E-state index in [0.717, 1.165) is 32.2 Å². The number of amides is 1. The number of aliphatic hydroxyl groups excluding tert-OH is 1. The van der Waals surface area contributed by atoms with Crippen molar-refractivity contribution in [3.05, 3.63) is 0 Å². The fourth-order valence-electron chi connectivity index (χ4n) is 1.87. The highest BCUT2D eigenvalue weighted by Gasteiger charge is 2.09. The molecule has 0 spiro atoms. The summed E-state index contributed by atoms with van der Waals surface area (Å²) in [5, 5.41) is 12.2. The van der Waals surface area contributed by atoms with E-state index in [4.69, 9.17) is 0 Å². The summed E-state index contributed by atoms with van der Waals surface area (Å²) < 4.78 is 0. The molecule has 0 aromatic carbocycles. The molecule has 18 heavy (non-hydrogen) atoms. The number of nitrogens with one attached hydrogen (secondary N) is 1. The highest BCUT2D eigenvalue weighted by Crippen LogP contribution is 2.17. The van der Waals surface area contributed by atoms with Gasteiger partial charge in [-0.05, 0) is 31.1 Å². The van der Waals surface area contributed by atoms with Gasteiger partial charge in [-0.2, -0.15) is 0 Å². The van der Waals surface area contributed by atoms with E-state index < -0.39 is 0 Å². The molecule has 1 amide bonds. The number of carbonyl (C=O) groups is 1. The van der Waals surface area contributed by atoms with Crippen molar-refractivity contribution < 1.29 is 9.90 Å². The molecule has 0 heterocycles. The van der Waals surface area contributed by atoms with Gasteiger partial charge in [0.15, 0.2) is 0 Å². The van der Waals surface area contributed by atoms with Crippen LogP contribution in [-0.2, 0) is 4.79 Å². The van der Waals surface area contributed by atoms with E-state index in [9.17, 15) is 9.90 Å². The summed E-state index contributed by atoms with van der Waals surface area (Å²) in [5.41, 5.74) is 0. The first-order valence-corrected chi connectivity index (χ1v) is 7.35. The maximum atomic E-state index is 11.3. The van der Waals surface area contributed by atoms with Gasteiger partial charge in [-0.15, -0.1) is 0 Å². The van der Waals surface area contributed by atoms with Crippen molar-refractivity contribution in [1.82, 2.24) is 5.32 Å². The minimum Gasteiger partial charge on any atom is -0.396 e. The molecule has 3 nitrogen and oxygen atoms in total. The van der Waals surface area contributed by atoms with Crippen molar-refractivity contribution in [3.8, 4) is 0 Å². The molecule has 0 aliphatic heterocycles. The summed E-state index contributed by atoms with van der Waals surface area (Å²) in [4.78, 5) is 11.3. The van der Waals surface area contributed by atoms with E-state index in [1.165, 1.54) is 6.42 Å².